The molecule has 7 nitrogen and oxygen atoms in total. The number of ether oxygens (including phenoxy) is 1. The third-order valence-corrected chi connectivity index (χ3v) is 14.6. The van der Waals surface area contributed by atoms with Gasteiger partial charge in [0.15, 0.2) is 0 Å². The molecule has 0 saturated heterocycles. The van der Waals surface area contributed by atoms with Crippen LogP contribution in [0.2, 0.25) is 0 Å². The van der Waals surface area contributed by atoms with E-state index >= 15 is 0 Å². The quantitative estimate of drug-likeness (QED) is 0.224. The molecule has 8 heteroatoms. The van der Waals surface area contributed by atoms with Gasteiger partial charge in [0, 0.05) is 18.3 Å². The number of esters is 1. The summed E-state index contributed by atoms with van der Waals surface area (Å²) in [6.07, 6.45) is 3.71. The summed E-state index contributed by atoms with van der Waals surface area (Å²) in [5.74, 6) is -0.148. The van der Waals surface area contributed by atoms with Gasteiger partial charge in [-0.25, -0.2) is 0 Å². The van der Waals surface area contributed by atoms with Gasteiger partial charge in [0.1, 0.15) is 16.8 Å². The molecule has 0 bridgehead atoms. The van der Waals surface area contributed by atoms with Crippen LogP contribution in [0, 0.1) is 40.4 Å². The van der Waals surface area contributed by atoms with E-state index in [1.54, 1.807) is 6.92 Å². The standard InChI is InChI=1S/C38H58O7S/c1-20(2)25-15-29(21(3)4)36(30(16-25)22(5)6)46(42,43)45-33-18-31(23(7)39)38(10)34(41)19-32-28(35(33)38)12-11-26-17-27(44-24(8)40)13-14-37(26,32)9/h15-16,20-22,26-28,31-35,41H,11-14,17-19H2,1-10H3/t26-,27+,28-,31-,32+,33+,34-,35-,37+,38+/m1/s1. The van der Waals surface area contributed by atoms with Gasteiger partial charge < -0.3 is 9.84 Å². The Bertz CT molecular complexity index is 1420. The molecule has 46 heavy (non-hydrogen) atoms. The Labute approximate surface area is 277 Å². The van der Waals surface area contributed by atoms with Crippen LogP contribution in [0.4, 0.5) is 0 Å². The maximum atomic E-state index is 14.6. The van der Waals surface area contributed by atoms with E-state index in [0.29, 0.717) is 18.8 Å². The lowest BCUT2D eigenvalue weighted by Gasteiger charge is -2.62. The van der Waals surface area contributed by atoms with Gasteiger partial charge in [0.2, 0.25) is 0 Å². The van der Waals surface area contributed by atoms with Gasteiger partial charge in [-0.1, -0.05) is 67.5 Å². The monoisotopic (exact) mass is 658 g/mol. The van der Waals surface area contributed by atoms with Crippen LogP contribution < -0.4 is 0 Å². The summed E-state index contributed by atoms with van der Waals surface area (Å²) < 4.78 is 41.3. The minimum absolute atomic E-state index is 0.0117. The molecule has 258 valence electrons. The Morgan fingerprint density at radius 1 is 0.891 bits per heavy atom. The molecule has 4 saturated carbocycles. The van der Waals surface area contributed by atoms with Crippen LogP contribution in [0.25, 0.3) is 0 Å². The van der Waals surface area contributed by atoms with Crippen LogP contribution in [0.3, 0.4) is 0 Å². The smallest absolute Gasteiger partial charge is 0.302 e. The third kappa shape index (κ3) is 5.91. The number of hydrogen-bond donors (Lipinski definition) is 1. The molecule has 0 aliphatic heterocycles. The van der Waals surface area contributed by atoms with Gasteiger partial charge in [-0.05, 0) is 115 Å². The summed E-state index contributed by atoms with van der Waals surface area (Å²) in [5.41, 5.74) is 1.83. The van der Waals surface area contributed by atoms with Crippen LogP contribution in [-0.2, 0) is 28.6 Å². The van der Waals surface area contributed by atoms with E-state index in [9.17, 15) is 23.1 Å². The molecular formula is C38H58O7S. The number of aliphatic hydroxyl groups excluding tert-OH is 1. The number of hydrogen-bond acceptors (Lipinski definition) is 7. The Morgan fingerprint density at radius 3 is 2.02 bits per heavy atom. The second-order valence-corrected chi connectivity index (χ2v) is 18.2. The highest BCUT2D eigenvalue weighted by atomic mass is 32.2. The number of rotatable bonds is 8. The van der Waals surface area contributed by atoms with Crippen molar-refractivity contribution < 1.29 is 32.0 Å². The van der Waals surface area contributed by atoms with Crippen LogP contribution in [0.15, 0.2) is 17.0 Å². The number of ketones is 1. The van der Waals surface area contributed by atoms with Crippen molar-refractivity contribution in [1.29, 1.82) is 0 Å². The fourth-order valence-corrected chi connectivity index (χ4v) is 12.4. The molecule has 4 fully saturated rings. The molecule has 4 aliphatic rings. The highest BCUT2D eigenvalue weighted by Gasteiger charge is 2.67. The molecule has 1 N–H and O–H groups in total. The topological polar surface area (TPSA) is 107 Å². The lowest BCUT2D eigenvalue weighted by atomic mass is 9.44. The van der Waals surface area contributed by atoms with E-state index in [1.807, 2.05) is 46.8 Å². The fraction of sp³-hybridized carbons (Fsp3) is 0.789. The normalized spacial score (nSPS) is 37.6. The van der Waals surface area contributed by atoms with Crippen molar-refractivity contribution in [3.05, 3.63) is 28.8 Å². The van der Waals surface area contributed by atoms with E-state index in [0.717, 1.165) is 48.8 Å². The predicted molar refractivity (Wildman–Crippen MR) is 179 cm³/mol. The van der Waals surface area contributed by atoms with E-state index in [-0.39, 0.29) is 63.7 Å². The number of benzene rings is 1. The van der Waals surface area contributed by atoms with Gasteiger partial charge in [-0.3, -0.25) is 13.8 Å². The van der Waals surface area contributed by atoms with E-state index in [1.165, 1.54) is 6.92 Å². The highest BCUT2D eigenvalue weighted by molar-refractivity contribution is 7.86. The van der Waals surface area contributed by atoms with E-state index < -0.39 is 33.7 Å². The lowest BCUT2D eigenvalue weighted by Crippen LogP contribution is -2.60. The molecule has 0 heterocycles. The number of aliphatic hydroxyl groups is 1. The minimum Gasteiger partial charge on any atom is -0.463 e. The first-order valence-corrected chi connectivity index (χ1v) is 19.2. The van der Waals surface area contributed by atoms with Gasteiger partial charge in [-0.15, -0.1) is 0 Å². The van der Waals surface area contributed by atoms with E-state index in [4.69, 9.17) is 8.92 Å². The maximum Gasteiger partial charge on any atom is 0.302 e. The number of carbonyl (C=O) groups excluding carboxylic acids is 2. The van der Waals surface area contributed by atoms with Crippen molar-refractivity contribution in [2.75, 3.05) is 0 Å². The molecule has 1 aromatic rings. The summed E-state index contributed by atoms with van der Waals surface area (Å²) in [7, 11) is -4.22. The lowest BCUT2D eigenvalue weighted by molar-refractivity contribution is -0.186. The molecule has 4 aliphatic carbocycles. The van der Waals surface area contributed by atoms with Crippen LogP contribution in [0.1, 0.15) is 149 Å². The molecule has 5 rings (SSSR count). The molecule has 0 aromatic heterocycles. The Morgan fingerprint density at radius 2 is 1.50 bits per heavy atom. The second kappa shape index (κ2) is 12.6. The van der Waals surface area contributed by atoms with Crippen molar-refractivity contribution in [2.24, 2.45) is 40.4 Å². The van der Waals surface area contributed by atoms with Crippen molar-refractivity contribution in [3.63, 3.8) is 0 Å². The molecule has 10 atom stereocenters. The molecule has 0 unspecified atom stereocenters. The predicted octanol–water partition coefficient (Wildman–Crippen LogP) is 7.89. The van der Waals surface area contributed by atoms with E-state index in [2.05, 4.69) is 20.8 Å². The van der Waals surface area contributed by atoms with Gasteiger partial charge in [0.25, 0.3) is 10.1 Å². The first kappa shape index (κ1) is 35.5. The van der Waals surface area contributed by atoms with Crippen molar-refractivity contribution in [1.82, 2.24) is 0 Å². The Hall–Kier alpha value is -1.77. The van der Waals surface area contributed by atoms with Crippen molar-refractivity contribution >= 4 is 21.9 Å². The largest absolute Gasteiger partial charge is 0.463 e. The van der Waals surface area contributed by atoms with Crippen LogP contribution in [0.5, 0.6) is 0 Å². The zero-order valence-corrected chi connectivity index (χ0v) is 30.6. The second-order valence-electron chi connectivity index (χ2n) is 16.7. The first-order valence-electron chi connectivity index (χ1n) is 17.8. The first-order chi connectivity index (χ1) is 21.3. The average Bonchev–Trinajstić information content (AvgIpc) is 3.25. The minimum atomic E-state index is -4.22. The van der Waals surface area contributed by atoms with Gasteiger partial charge in [0.05, 0.1) is 12.2 Å². The average molecular weight is 659 g/mol. The highest BCUT2D eigenvalue weighted by Crippen LogP contribution is 2.68. The summed E-state index contributed by atoms with van der Waals surface area (Å²) in [5, 5.41) is 12.0. The zero-order valence-electron chi connectivity index (χ0n) is 29.8. The molecular weight excluding hydrogens is 600 g/mol. The third-order valence-electron chi connectivity index (χ3n) is 13.1. The fourth-order valence-electron chi connectivity index (χ4n) is 10.7. The summed E-state index contributed by atoms with van der Waals surface area (Å²) in [6.45, 7) is 19.7. The van der Waals surface area contributed by atoms with Crippen LogP contribution >= 0.6 is 0 Å². The molecule has 0 amide bonds. The Kier molecular flexibility index (Phi) is 9.73. The zero-order chi connectivity index (χ0) is 34.1. The van der Waals surface area contributed by atoms with Crippen LogP contribution in [-0.4, -0.2) is 43.6 Å². The van der Waals surface area contributed by atoms with Gasteiger partial charge >= 0.3 is 5.97 Å². The Balaban J connectivity index is 1.56. The maximum absolute atomic E-state index is 14.6. The number of carbonyl (C=O) groups is 2. The summed E-state index contributed by atoms with van der Waals surface area (Å²) >= 11 is 0. The number of fused-ring (bicyclic) bond motifs is 5. The van der Waals surface area contributed by atoms with Gasteiger partial charge in [-0.2, -0.15) is 8.42 Å². The SMILES string of the molecule is CC(=O)O[C@H]1CC[C@@]2(C)[C@H](CC[C@H]3[C@@H]4[C@@H](OS(=O)(=O)c5c(C(C)C)cc(C(C)C)cc5C(C)C)C[C@H](C(C)=O)[C@@]4(C)[C@H](O)C[C@@H]32)C1. The molecule has 0 spiro atoms. The summed E-state index contributed by atoms with van der Waals surface area (Å²) in [6, 6.07) is 4.06. The molecule has 0 radical (unpaired) electrons. The summed E-state index contributed by atoms with van der Waals surface area (Å²) in [4.78, 5) is 25.3. The van der Waals surface area contributed by atoms with Crippen molar-refractivity contribution in [2.45, 2.75) is 155 Å². The molecule has 1 aromatic carbocycles. The number of Topliss-reactive ketones (excluding diaryl/α,β-unsaturated/α-hetero) is 1. The van der Waals surface area contributed by atoms with Crippen molar-refractivity contribution in [3.8, 4) is 0 Å².